The lowest BCUT2D eigenvalue weighted by atomic mass is 9.92. The van der Waals surface area contributed by atoms with Crippen molar-refractivity contribution >= 4 is 21.9 Å². The molecule has 2 saturated heterocycles. The van der Waals surface area contributed by atoms with Crippen LogP contribution in [0.2, 0.25) is 0 Å². The fraction of sp³-hybridized carbons (Fsp3) is 0.619. The van der Waals surface area contributed by atoms with Crippen molar-refractivity contribution < 1.29 is 27.1 Å². The van der Waals surface area contributed by atoms with Crippen molar-refractivity contribution in [1.29, 1.82) is 0 Å². The van der Waals surface area contributed by atoms with Gasteiger partial charge >= 0.3 is 5.97 Å². The van der Waals surface area contributed by atoms with Crippen molar-refractivity contribution in [2.45, 2.75) is 38.4 Å². The Morgan fingerprint density at radius 3 is 2.23 bits per heavy atom. The number of piperidine rings is 2. The van der Waals surface area contributed by atoms with Crippen LogP contribution in [0.15, 0.2) is 24.3 Å². The van der Waals surface area contributed by atoms with Crippen LogP contribution >= 0.6 is 0 Å². The number of halogens is 1. The molecule has 0 bridgehead atoms. The fourth-order valence-electron chi connectivity index (χ4n) is 4.14. The molecular formula is C21H29FN2O5S. The second-order valence-corrected chi connectivity index (χ2v) is 9.84. The summed E-state index contributed by atoms with van der Waals surface area (Å²) in [7, 11) is -3.64. The van der Waals surface area contributed by atoms with Gasteiger partial charge in [-0.05, 0) is 38.7 Å². The molecule has 3 rings (SSSR count). The lowest BCUT2D eigenvalue weighted by Crippen LogP contribution is -2.47. The lowest BCUT2D eigenvalue weighted by molar-refractivity contribution is -0.152. The molecule has 2 fully saturated rings. The van der Waals surface area contributed by atoms with Crippen LogP contribution < -0.4 is 0 Å². The summed E-state index contributed by atoms with van der Waals surface area (Å²) in [4.78, 5) is 26.5. The number of ether oxygens (including phenoxy) is 1. The van der Waals surface area contributed by atoms with Crippen molar-refractivity contribution in [3.8, 4) is 0 Å². The quantitative estimate of drug-likeness (QED) is 0.633. The van der Waals surface area contributed by atoms with E-state index in [0.29, 0.717) is 45.4 Å². The first-order chi connectivity index (χ1) is 14.3. The number of carbonyl (C=O) groups is 2. The number of likely N-dealkylation sites (tertiary alicyclic amines) is 1. The topological polar surface area (TPSA) is 84.0 Å². The number of nitrogens with zero attached hydrogens (tertiary/aromatic N) is 2. The number of benzene rings is 1. The van der Waals surface area contributed by atoms with E-state index in [9.17, 15) is 22.4 Å². The van der Waals surface area contributed by atoms with Crippen LogP contribution in [-0.2, 0) is 30.1 Å². The Bertz CT molecular complexity index is 860. The van der Waals surface area contributed by atoms with Crippen LogP contribution in [0.25, 0.3) is 0 Å². The second kappa shape index (κ2) is 9.87. The van der Waals surface area contributed by atoms with E-state index in [1.165, 1.54) is 22.5 Å². The molecule has 1 amide bonds. The third kappa shape index (κ3) is 5.37. The molecule has 0 unspecified atom stereocenters. The summed E-state index contributed by atoms with van der Waals surface area (Å²) < 4.78 is 45.6. The highest BCUT2D eigenvalue weighted by atomic mass is 32.2. The van der Waals surface area contributed by atoms with Gasteiger partial charge in [-0.3, -0.25) is 9.59 Å². The van der Waals surface area contributed by atoms with Gasteiger partial charge in [0.2, 0.25) is 15.9 Å². The summed E-state index contributed by atoms with van der Waals surface area (Å²) in [6.45, 7) is 3.69. The molecule has 1 aromatic carbocycles. The summed E-state index contributed by atoms with van der Waals surface area (Å²) in [5, 5.41) is 0. The van der Waals surface area contributed by atoms with Gasteiger partial charge in [0.15, 0.2) is 0 Å². The smallest absolute Gasteiger partial charge is 0.309 e. The normalized spacial score (nSPS) is 19.6. The SMILES string of the molecule is CCOC(=O)C1CCN(C(=O)C2CCN(S(=O)(=O)Cc3ccccc3F)CC2)CC1. The van der Waals surface area contributed by atoms with Crippen LogP contribution in [0.1, 0.15) is 38.2 Å². The van der Waals surface area contributed by atoms with Gasteiger partial charge < -0.3 is 9.64 Å². The van der Waals surface area contributed by atoms with Gasteiger partial charge in [0.25, 0.3) is 0 Å². The Balaban J connectivity index is 1.50. The zero-order valence-electron chi connectivity index (χ0n) is 17.3. The van der Waals surface area contributed by atoms with E-state index in [1.807, 2.05) is 0 Å². The largest absolute Gasteiger partial charge is 0.466 e. The number of esters is 1. The second-order valence-electron chi connectivity index (χ2n) is 7.87. The predicted octanol–water partition coefficient (Wildman–Crippen LogP) is 2.17. The molecule has 0 spiro atoms. The molecule has 7 nitrogen and oxygen atoms in total. The molecule has 2 aliphatic heterocycles. The number of rotatable bonds is 6. The summed E-state index contributed by atoms with van der Waals surface area (Å²) in [5.74, 6) is -1.44. The molecule has 0 N–H and O–H groups in total. The first kappa shape index (κ1) is 22.7. The Morgan fingerprint density at radius 1 is 1.03 bits per heavy atom. The van der Waals surface area contributed by atoms with Gasteiger partial charge in [0.1, 0.15) is 5.82 Å². The zero-order valence-corrected chi connectivity index (χ0v) is 18.1. The number of sulfonamides is 1. The van der Waals surface area contributed by atoms with Crippen LogP contribution in [0.5, 0.6) is 0 Å². The third-order valence-electron chi connectivity index (χ3n) is 5.92. The van der Waals surface area contributed by atoms with Crippen molar-refractivity contribution in [3.05, 3.63) is 35.6 Å². The lowest BCUT2D eigenvalue weighted by Gasteiger charge is -2.36. The summed E-state index contributed by atoms with van der Waals surface area (Å²) in [6, 6.07) is 5.87. The van der Waals surface area contributed by atoms with Crippen molar-refractivity contribution in [1.82, 2.24) is 9.21 Å². The number of carbonyl (C=O) groups excluding carboxylic acids is 2. The fourth-order valence-corrected chi connectivity index (χ4v) is 5.71. The van der Waals surface area contributed by atoms with E-state index in [4.69, 9.17) is 4.74 Å². The molecule has 2 heterocycles. The molecule has 1 aromatic rings. The van der Waals surface area contributed by atoms with Gasteiger partial charge in [-0.15, -0.1) is 0 Å². The molecule has 9 heteroatoms. The first-order valence-electron chi connectivity index (χ1n) is 10.5. The molecule has 30 heavy (non-hydrogen) atoms. The molecule has 0 atom stereocenters. The van der Waals surface area contributed by atoms with Gasteiger partial charge in [-0.1, -0.05) is 18.2 Å². The number of amides is 1. The van der Waals surface area contributed by atoms with Gasteiger partial charge in [-0.25, -0.2) is 17.1 Å². The average Bonchev–Trinajstić information content (AvgIpc) is 2.75. The van der Waals surface area contributed by atoms with E-state index >= 15 is 0 Å². The molecular weight excluding hydrogens is 411 g/mol. The van der Waals surface area contributed by atoms with E-state index in [0.717, 1.165) is 0 Å². The van der Waals surface area contributed by atoms with Crippen LogP contribution in [0.3, 0.4) is 0 Å². The number of hydrogen-bond donors (Lipinski definition) is 0. The third-order valence-corrected chi connectivity index (χ3v) is 7.75. The van der Waals surface area contributed by atoms with E-state index in [-0.39, 0.29) is 48.1 Å². The van der Waals surface area contributed by atoms with Gasteiger partial charge in [0, 0.05) is 37.7 Å². The standard InChI is InChI=1S/C21H29FN2O5S/c1-2-29-21(26)17-7-11-23(12-8-17)20(25)16-9-13-24(14-10-16)30(27,28)15-18-5-3-4-6-19(18)22/h3-6,16-17H,2,7-15H2,1H3. The van der Waals surface area contributed by atoms with Crippen molar-refractivity contribution in [3.63, 3.8) is 0 Å². The molecule has 0 aromatic heterocycles. The average molecular weight is 441 g/mol. The minimum absolute atomic E-state index is 0.0310. The van der Waals surface area contributed by atoms with Crippen LogP contribution in [-0.4, -0.2) is 62.3 Å². The van der Waals surface area contributed by atoms with E-state index in [1.54, 1.807) is 17.9 Å². The Labute approximate surface area is 177 Å². The molecule has 2 aliphatic rings. The van der Waals surface area contributed by atoms with Gasteiger partial charge in [0.05, 0.1) is 18.3 Å². The highest BCUT2D eigenvalue weighted by Crippen LogP contribution is 2.26. The highest BCUT2D eigenvalue weighted by Gasteiger charge is 2.35. The molecule has 0 radical (unpaired) electrons. The maximum atomic E-state index is 13.8. The summed E-state index contributed by atoms with van der Waals surface area (Å²) in [6.07, 6.45) is 2.10. The Morgan fingerprint density at radius 2 is 1.63 bits per heavy atom. The van der Waals surface area contributed by atoms with Crippen molar-refractivity contribution in [2.24, 2.45) is 11.8 Å². The van der Waals surface area contributed by atoms with Gasteiger partial charge in [-0.2, -0.15) is 0 Å². The zero-order chi connectivity index (χ0) is 21.7. The molecule has 0 aliphatic carbocycles. The minimum Gasteiger partial charge on any atom is -0.466 e. The molecule has 0 saturated carbocycles. The summed E-state index contributed by atoms with van der Waals surface area (Å²) in [5.41, 5.74) is 0.153. The Hall–Kier alpha value is -2.00. The number of hydrogen-bond acceptors (Lipinski definition) is 5. The first-order valence-corrected chi connectivity index (χ1v) is 12.1. The monoisotopic (exact) mass is 440 g/mol. The van der Waals surface area contributed by atoms with Crippen LogP contribution in [0.4, 0.5) is 4.39 Å². The van der Waals surface area contributed by atoms with E-state index in [2.05, 4.69) is 0 Å². The minimum atomic E-state index is -3.64. The predicted molar refractivity (Wildman–Crippen MR) is 109 cm³/mol. The van der Waals surface area contributed by atoms with E-state index < -0.39 is 15.8 Å². The molecule has 166 valence electrons. The maximum absolute atomic E-state index is 13.8. The van der Waals surface area contributed by atoms with Crippen LogP contribution in [0, 0.1) is 17.7 Å². The maximum Gasteiger partial charge on any atom is 0.309 e. The Kier molecular flexibility index (Phi) is 7.46. The summed E-state index contributed by atoms with van der Waals surface area (Å²) >= 11 is 0. The highest BCUT2D eigenvalue weighted by molar-refractivity contribution is 7.88. The van der Waals surface area contributed by atoms with Crippen molar-refractivity contribution in [2.75, 3.05) is 32.8 Å².